The Morgan fingerprint density at radius 3 is 1.36 bits per heavy atom. The van der Waals surface area contributed by atoms with Crippen LogP contribution in [-0.4, -0.2) is 29.9 Å². The van der Waals surface area contributed by atoms with Crippen molar-refractivity contribution in [2.24, 2.45) is 0 Å². The molecular formula is C54H66Br6F6N6. The second kappa shape index (κ2) is 31.4. The van der Waals surface area contributed by atoms with Gasteiger partial charge in [-0.2, -0.15) is 0 Å². The van der Waals surface area contributed by atoms with Gasteiger partial charge in [0, 0.05) is 27.8 Å². The van der Waals surface area contributed by atoms with E-state index in [0.29, 0.717) is 74.3 Å². The lowest BCUT2D eigenvalue weighted by Gasteiger charge is -2.08. The first-order valence-electron chi connectivity index (χ1n) is 23.1. The summed E-state index contributed by atoms with van der Waals surface area (Å²) >= 11 is 19.1. The molecule has 0 unspecified atom stereocenters. The molecule has 0 saturated heterocycles. The standard InChI is InChI=1S/6C9H11BrFN/c1-5(2)9-7(10)4-8(11)6(3)12-9;1-5(2)7-4-12-6(3)9(11)8(7)10;1-5(2)9-8(10)7(11)4-6(3)12-9;1-5(2)9-8(11)7(10)4-6(3)12-9;1-5(2)9-8(11)6(3)4-7(10)12-9;1-5(2)7-4-6(3)8(11)9(10)12-7/h6*4-5H,1-3H3. The quantitative estimate of drug-likeness (QED) is 0.122. The van der Waals surface area contributed by atoms with Gasteiger partial charge in [-0.3, -0.25) is 19.9 Å². The third-order valence-corrected chi connectivity index (χ3v) is 13.8. The van der Waals surface area contributed by atoms with E-state index >= 15 is 0 Å². The van der Waals surface area contributed by atoms with Crippen LogP contribution in [0, 0.1) is 76.4 Å². The van der Waals surface area contributed by atoms with Crippen molar-refractivity contribution in [1.29, 1.82) is 0 Å². The predicted octanol–water partition coefficient (Wildman–Crippen LogP) is 20.5. The first-order chi connectivity index (χ1) is 33.1. The van der Waals surface area contributed by atoms with E-state index in [4.69, 9.17) is 0 Å². The molecule has 0 spiro atoms. The molecule has 396 valence electrons. The fraction of sp³-hybridized carbons (Fsp3) is 0.444. The number of hydrogen-bond donors (Lipinski definition) is 0. The molecule has 0 bridgehead atoms. The molecule has 6 aromatic heterocycles. The van der Waals surface area contributed by atoms with E-state index < -0.39 is 0 Å². The molecule has 0 amide bonds. The van der Waals surface area contributed by atoms with Gasteiger partial charge in [0.05, 0.1) is 47.6 Å². The molecule has 0 aliphatic rings. The maximum absolute atomic E-state index is 13.3. The van der Waals surface area contributed by atoms with Gasteiger partial charge in [0.1, 0.15) is 26.7 Å². The predicted molar refractivity (Wildman–Crippen MR) is 304 cm³/mol. The number of rotatable bonds is 6. The van der Waals surface area contributed by atoms with Crippen molar-refractivity contribution in [2.45, 2.75) is 160 Å². The minimum absolute atomic E-state index is 0.126. The van der Waals surface area contributed by atoms with Crippen LogP contribution in [0.25, 0.3) is 0 Å². The number of aryl methyl sites for hydroxylation is 6. The van der Waals surface area contributed by atoms with E-state index in [1.54, 1.807) is 59.0 Å². The summed E-state index contributed by atoms with van der Waals surface area (Å²) in [7, 11) is 0. The highest BCUT2D eigenvalue weighted by atomic mass is 79.9. The van der Waals surface area contributed by atoms with E-state index in [0.717, 1.165) is 38.5 Å². The van der Waals surface area contributed by atoms with E-state index in [1.807, 2.05) is 90.0 Å². The minimum atomic E-state index is -0.264. The Morgan fingerprint density at radius 1 is 0.389 bits per heavy atom. The monoisotopic (exact) mass is 1390 g/mol. The Kier molecular flexibility index (Phi) is 29.4. The SMILES string of the molecule is Cc1cc(Br)c(F)c(C(C)C)n1.Cc1cc(Br)nc(C(C)C)c1F.Cc1cc(C(C)C)nc(Br)c1F.Cc1cc(F)c(Br)c(C(C)C)n1.Cc1nc(C(C)C)c(Br)cc1F.Cc1ncc(C(C)C)c(Br)c1F. The largest absolute Gasteiger partial charge is 0.258 e. The van der Waals surface area contributed by atoms with Gasteiger partial charge in [-0.1, -0.05) is 83.1 Å². The fourth-order valence-corrected chi connectivity index (χ4v) is 9.80. The Balaban J connectivity index is 0.000000432. The van der Waals surface area contributed by atoms with Crippen molar-refractivity contribution >= 4 is 95.6 Å². The van der Waals surface area contributed by atoms with E-state index in [9.17, 15) is 26.3 Å². The van der Waals surface area contributed by atoms with Crippen LogP contribution in [0.4, 0.5) is 26.3 Å². The van der Waals surface area contributed by atoms with Gasteiger partial charge in [0.25, 0.3) is 0 Å². The Labute approximate surface area is 474 Å². The van der Waals surface area contributed by atoms with Crippen molar-refractivity contribution in [1.82, 2.24) is 29.9 Å². The topological polar surface area (TPSA) is 77.3 Å². The van der Waals surface area contributed by atoms with Crippen molar-refractivity contribution in [3.63, 3.8) is 0 Å². The first kappa shape index (κ1) is 67.4. The second-order valence-corrected chi connectivity index (χ2v) is 23.5. The highest BCUT2D eigenvalue weighted by Crippen LogP contribution is 2.29. The van der Waals surface area contributed by atoms with Crippen LogP contribution < -0.4 is 0 Å². The molecule has 0 N–H and O–H groups in total. The molecule has 0 aliphatic carbocycles. The smallest absolute Gasteiger partial charge is 0.159 e. The molecule has 0 aliphatic heterocycles. The number of pyridine rings is 6. The van der Waals surface area contributed by atoms with Crippen LogP contribution in [0.5, 0.6) is 0 Å². The second-order valence-electron chi connectivity index (χ2n) is 18.6. The number of nitrogens with zero attached hydrogens (tertiary/aromatic N) is 6. The molecule has 6 aromatic rings. The third-order valence-electron chi connectivity index (χ3n) is 10.1. The molecule has 0 radical (unpaired) electrons. The number of aromatic nitrogens is 6. The van der Waals surface area contributed by atoms with Crippen LogP contribution in [0.1, 0.15) is 187 Å². The van der Waals surface area contributed by atoms with Gasteiger partial charge in [0.15, 0.2) is 17.5 Å². The van der Waals surface area contributed by atoms with Crippen molar-refractivity contribution in [3.8, 4) is 0 Å². The van der Waals surface area contributed by atoms with Gasteiger partial charge >= 0.3 is 0 Å². The van der Waals surface area contributed by atoms with Crippen LogP contribution in [0.3, 0.4) is 0 Å². The van der Waals surface area contributed by atoms with E-state index in [2.05, 4.69) is 125 Å². The molecule has 72 heavy (non-hydrogen) atoms. The van der Waals surface area contributed by atoms with Crippen LogP contribution in [-0.2, 0) is 0 Å². The molecule has 0 atom stereocenters. The summed E-state index contributed by atoms with van der Waals surface area (Å²) in [5.74, 6) is 0.0132. The third kappa shape index (κ3) is 21.2. The summed E-state index contributed by atoms with van der Waals surface area (Å²) in [4.78, 5) is 24.6. The van der Waals surface area contributed by atoms with Gasteiger partial charge in [-0.15, -0.1) is 0 Å². The molecule has 6 heterocycles. The van der Waals surface area contributed by atoms with Gasteiger partial charge in [0.2, 0.25) is 0 Å². The maximum atomic E-state index is 13.3. The first-order valence-corrected chi connectivity index (χ1v) is 27.8. The molecule has 0 aromatic carbocycles. The zero-order valence-corrected chi connectivity index (χ0v) is 53.7. The zero-order chi connectivity index (χ0) is 55.8. The van der Waals surface area contributed by atoms with Crippen molar-refractivity contribution < 1.29 is 26.3 Å². The normalized spacial score (nSPS) is 10.8. The Hall–Kier alpha value is -2.64. The minimum Gasteiger partial charge on any atom is -0.258 e. The van der Waals surface area contributed by atoms with E-state index in [1.165, 1.54) is 12.1 Å². The Morgan fingerprint density at radius 2 is 0.875 bits per heavy atom. The average Bonchev–Trinajstić information content (AvgIpc) is 3.27. The summed E-state index contributed by atoms with van der Waals surface area (Å²) in [5, 5.41) is 0. The van der Waals surface area contributed by atoms with Crippen LogP contribution in [0.2, 0.25) is 0 Å². The maximum Gasteiger partial charge on any atom is 0.159 e. The lowest BCUT2D eigenvalue weighted by molar-refractivity contribution is 0.574. The lowest BCUT2D eigenvalue weighted by atomic mass is 10.1. The molecule has 6 rings (SSSR count). The summed E-state index contributed by atoms with van der Waals surface area (Å²) in [6.45, 7) is 34.3. The average molecular weight is 1390 g/mol. The van der Waals surface area contributed by atoms with Gasteiger partial charge in [-0.25, -0.2) is 36.3 Å². The van der Waals surface area contributed by atoms with Crippen LogP contribution >= 0.6 is 95.6 Å². The highest BCUT2D eigenvalue weighted by Gasteiger charge is 2.16. The van der Waals surface area contributed by atoms with Gasteiger partial charge < -0.3 is 0 Å². The molecule has 18 heteroatoms. The zero-order valence-electron chi connectivity index (χ0n) is 44.1. The van der Waals surface area contributed by atoms with Gasteiger partial charge in [-0.05, 0) is 220 Å². The number of hydrogen-bond acceptors (Lipinski definition) is 6. The van der Waals surface area contributed by atoms with Crippen molar-refractivity contribution in [3.05, 3.63) is 166 Å². The Bertz CT molecular complexity index is 2560. The molecule has 0 fully saturated rings. The summed E-state index contributed by atoms with van der Waals surface area (Å²) in [6, 6.07) is 8.04. The highest BCUT2D eigenvalue weighted by molar-refractivity contribution is 9.11. The molecule has 6 nitrogen and oxygen atoms in total. The number of halogens is 12. The fourth-order valence-electron chi connectivity index (χ4n) is 5.96. The molecule has 0 saturated carbocycles. The molecular weight excluding hydrogens is 1330 g/mol. The van der Waals surface area contributed by atoms with Crippen LogP contribution in [0.15, 0.2) is 63.6 Å². The summed E-state index contributed by atoms with van der Waals surface area (Å²) in [6.07, 6.45) is 1.72. The van der Waals surface area contributed by atoms with E-state index in [-0.39, 0.29) is 52.7 Å². The van der Waals surface area contributed by atoms with Crippen molar-refractivity contribution in [2.75, 3.05) is 0 Å². The lowest BCUT2D eigenvalue weighted by Crippen LogP contribution is -2.00. The summed E-state index contributed by atoms with van der Waals surface area (Å²) in [5.41, 5.74) is 8.32. The summed E-state index contributed by atoms with van der Waals surface area (Å²) < 4.78 is 82.3.